The van der Waals surface area contributed by atoms with E-state index in [4.69, 9.17) is 0 Å². The van der Waals surface area contributed by atoms with Crippen LogP contribution in [0.4, 0.5) is 0 Å². The number of hydrogen-bond donors (Lipinski definition) is 0. The SMILES string of the molecule is C=CC=C.Cn1c2ccccc2c2cnccc21. The topological polar surface area (TPSA) is 17.8 Å². The second kappa shape index (κ2) is 5.32. The van der Waals surface area contributed by atoms with Gasteiger partial charge in [0.05, 0.1) is 5.52 Å². The maximum Gasteiger partial charge on any atom is 0.0519 e. The molecule has 0 unspecified atom stereocenters. The molecule has 0 aliphatic rings. The third kappa shape index (κ3) is 2.05. The molecule has 0 aliphatic carbocycles. The number of hydrogen-bond acceptors (Lipinski definition) is 1. The minimum absolute atomic E-state index is 1.23. The van der Waals surface area contributed by atoms with Crippen molar-refractivity contribution in [3.05, 3.63) is 68.0 Å². The summed E-state index contributed by atoms with van der Waals surface area (Å²) >= 11 is 0. The molecule has 0 radical (unpaired) electrons. The second-order valence-corrected chi connectivity index (χ2v) is 3.94. The number of pyridine rings is 1. The molecule has 18 heavy (non-hydrogen) atoms. The summed E-state index contributed by atoms with van der Waals surface area (Å²) in [6.45, 7) is 6.72. The molecule has 2 aromatic heterocycles. The first-order valence-corrected chi connectivity index (χ1v) is 5.80. The van der Waals surface area contributed by atoms with E-state index >= 15 is 0 Å². The van der Waals surface area contributed by atoms with E-state index in [2.05, 4.69) is 60.1 Å². The van der Waals surface area contributed by atoms with E-state index in [1.54, 1.807) is 12.2 Å². The molecule has 0 aliphatic heterocycles. The number of fused-ring (bicyclic) bond motifs is 3. The summed E-state index contributed by atoms with van der Waals surface area (Å²) in [6.07, 6.45) is 7.04. The van der Waals surface area contributed by atoms with Gasteiger partial charge in [-0.2, -0.15) is 0 Å². The van der Waals surface area contributed by atoms with E-state index in [1.165, 1.54) is 21.8 Å². The summed E-state index contributed by atoms with van der Waals surface area (Å²) in [5, 5.41) is 2.50. The normalized spacial score (nSPS) is 9.83. The van der Waals surface area contributed by atoms with Crippen molar-refractivity contribution in [3.8, 4) is 0 Å². The Morgan fingerprint density at radius 1 is 1.00 bits per heavy atom. The summed E-state index contributed by atoms with van der Waals surface area (Å²) < 4.78 is 2.20. The molecule has 3 rings (SSSR count). The number of nitrogens with zero attached hydrogens (tertiary/aromatic N) is 2. The van der Waals surface area contributed by atoms with Crippen molar-refractivity contribution in [1.82, 2.24) is 9.55 Å². The highest BCUT2D eigenvalue weighted by molar-refractivity contribution is 6.07. The summed E-state index contributed by atoms with van der Waals surface area (Å²) in [4.78, 5) is 4.16. The summed E-state index contributed by atoms with van der Waals surface area (Å²) in [5.41, 5.74) is 2.50. The zero-order chi connectivity index (χ0) is 13.0. The second-order valence-electron chi connectivity index (χ2n) is 3.94. The van der Waals surface area contributed by atoms with Gasteiger partial charge in [-0.15, -0.1) is 0 Å². The lowest BCUT2D eigenvalue weighted by molar-refractivity contribution is 1.01. The lowest BCUT2D eigenvalue weighted by Crippen LogP contribution is -1.85. The van der Waals surface area contributed by atoms with Gasteiger partial charge in [-0.25, -0.2) is 0 Å². The number of para-hydroxylation sites is 1. The van der Waals surface area contributed by atoms with Crippen LogP contribution < -0.4 is 0 Å². The van der Waals surface area contributed by atoms with Crippen molar-refractivity contribution >= 4 is 21.8 Å². The number of benzene rings is 1. The zero-order valence-electron chi connectivity index (χ0n) is 10.5. The molecule has 2 nitrogen and oxygen atoms in total. The van der Waals surface area contributed by atoms with Crippen LogP contribution >= 0.6 is 0 Å². The molecule has 2 heteroatoms. The Morgan fingerprint density at radius 2 is 1.67 bits per heavy atom. The van der Waals surface area contributed by atoms with E-state index in [1.807, 2.05) is 12.4 Å². The van der Waals surface area contributed by atoms with Crippen LogP contribution in [-0.4, -0.2) is 9.55 Å². The Balaban J connectivity index is 0.000000267. The van der Waals surface area contributed by atoms with E-state index in [0.29, 0.717) is 0 Å². The lowest BCUT2D eigenvalue weighted by atomic mass is 10.2. The predicted octanol–water partition coefficient (Wildman–Crippen LogP) is 4.08. The zero-order valence-corrected chi connectivity index (χ0v) is 10.5. The molecule has 0 N–H and O–H groups in total. The maximum absolute atomic E-state index is 4.16. The van der Waals surface area contributed by atoms with E-state index in [9.17, 15) is 0 Å². The molecular formula is C16H16N2. The molecule has 90 valence electrons. The molecule has 0 spiro atoms. The summed E-state index contributed by atoms with van der Waals surface area (Å²) in [5.74, 6) is 0. The Bertz CT molecular complexity index is 633. The Hall–Kier alpha value is -2.35. The Kier molecular flexibility index (Phi) is 3.58. The van der Waals surface area contributed by atoms with Gasteiger partial charge in [0, 0.05) is 35.7 Å². The highest BCUT2D eigenvalue weighted by atomic mass is 14.9. The smallest absolute Gasteiger partial charge is 0.0519 e. The van der Waals surface area contributed by atoms with Gasteiger partial charge in [0.2, 0.25) is 0 Å². The maximum atomic E-state index is 4.16. The van der Waals surface area contributed by atoms with Gasteiger partial charge >= 0.3 is 0 Å². The third-order valence-electron chi connectivity index (χ3n) is 2.88. The molecule has 0 fully saturated rings. The molecule has 3 aromatic rings. The fraction of sp³-hybridized carbons (Fsp3) is 0.0625. The van der Waals surface area contributed by atoms with Crippen molar-refractivity contribution in [2.24, 2.45) is 7.05 Å². The summed E-state index contributed by atoms with van der Waals surface area (Å²) in [7, 11) is 2.09. The van der Waals surface area contributed by atoms with Crippen LogP contribution in [0.15, 0.2) is 68.0 Å². The van der Waals surface area contributed by atoms with Crippen LogP contribution in [0.25, 0.3) is 21.8 Å². The van der Waals surface area contributed by atoms with Crippen LogP contribution in [0.5, 0.6) is 0 Å². The Morgan fingerprint density at radius 3 is 2.39 bits per heavy atom. The molecular weight excluding hydrogens is 220 g/mol. The Labute approximate surface area is 107 Å². The van der Waals surface area contributed by atoms with E-state index in [0.717, 1.165) is 0 Å². The largest absolute Gasteiger partial charge is 0.344 e. The molecule has 2 heterocycles. The average molecular weight is 236 g/mol. The van der Waals surface area contributed by atoms with Crippen LogP contribution in [-0.2, 0) is 7.05 Å². The van der Waals surface area contributed by atoms with Gasteiger partial charge < -0.3 is 4.57 Å². The van der Waals surface area contributed by atoms with Gasteiger partial charge in [0.1, 0.15) is 0 Å². The van der Waals surface area contributed by atoms with Gasteiger partial charge in [-0.05, 0) is 12.1 Å². The van der Waals surface area contributed by atoms with Gasteiger partial charge in [0.15, 0.2) is 0 Å². The first-order valence-electron chi connectivity index (χ1n) is 5.80. The van der Waals surface area contributed by atoms with Crippen LogP contribution in [0.3, 0.4) is 0 Å². The quantitative estimate of drug-likeness (QED) is 0.582. The van der Waals surface area contributed by atoms with Crippen LogP contribution in [0, 0.1) is 0 Å². The van der Waals surface area contributed by atoms with Gasteiger partial charge in [0.25, 0.3) is 0 Å². The first-order chi connectivity index (χ1) is 8.79. The predicted molar refractivity (Wildman–Crippen MR) is 78.6 cm³/mol. The molecule has 0 saturated heterocycles. The van der Waals surface area contributed by atoms with Gasteiger partial charge in [-0.1, -0.05) is 43.5 Å². The van der Waals surface area contributed by atoms with Crippen molar-refractivity contribution < 1.29 is 0 Å². The van der Waals surface area contributed by atoms with Crippen molar-refractivity contribution in [2.75, 3.05) is 0 Å². The molecule has 1 aromatic carbocycles. The standard InChI is InChI=1S/C12H10N2.C4H6/c1-14-11-5-3-2-4-9(11)10-8-13-7-6-12(10)14;1-3-4-2/h2-8H,1H3;3-4H,1-2H2. The molecule has 0 saturated carbocycles. The number of aryl methyl sites for hydroxylation is 1. The highest BCUT2D eigenvalue weighted by Gasteiger charge is 2.05. The summed E-state index contributed by atoms with van der Waals surface area (Å²) in [6, 6.07) is 10.5. The number of rotatable bonds is 1. The fourth-order valence-electron chi connectivity index (χ4n) is 2.01. The minimum Gasteiger partial charge on any atom is -0.344 e. The first kappa shape index (κ1) is 12.1. The highest BCUT2D eigenvalue weighted by Crippen LogP contribution is 2.26. The average Bonchev–Trinajstić information content (AvgIpc) is 2.74. The molecule has 0 amide bonds. The van der Waals surface area contributed by atoms with Gasteiger partial charge in [-0.3, -0.25) is 4.98 Å². The van der Waals surface area contributed by atoms with Crippen molar-refractivity contribution in [1.29, 1.82) is 0 Å². The lowest BCUT2D eigenvalue weighted by Gasteiger charge is -1.95. The minimum atomic E-state index is 1.23. The third-order valence-corrected chi connectivity index (χ3v) is 2.88. The fourth-order valence-corrected chi connectivity index (χ4v) is 2.01. The van der Waals surface area contributed by atoms with E-state index in [-0.39, 0.29) is 0 Å². The van der Waals surface area contributed by atoms with Crippen LogP contribution in [0.1, 0.15) is 0 Å². The monoisotopic (exact) mass is 236 g/mol. The van der Waals surface area contributed by atoms with Crippen LogP contribution in [0.2, 0.25) is 0 Å². The molecule has 0 atom stereocenters. The van der Waals surface area contributed by atoms with Crippen molar-refractivity contribution in [2.45, 2.75) is 0 Å². The van der Waals surface area contributed by atoms with E-state index < -0.39 is 0 Å². The number of allylic oxidation sites excluding steroid dienone is 2. The molecule has 0 bridgehead atoms. The van der Waals surface area contributed by atoms with Crippen molar-refractivity contribution in [3.63, 3.8) is 0 Å². The number of aromatic nitrogens is 2.